The van der Waals surface area contributed by atoms with Crippen LogP contribution in [0.2, 0.25) is 0 Å². The van der Waals surface area contributed by atoms with Gasteiger partial charge in [-0.25, -0.2) is 9.37 Å². The minimum absolute atomic E-state index is 0.229. The third-order valence-electron chi connectivity index (χ3n) is 11.2. The third kappa shape index (κ3) is 4.37. The van der Waals surface area contributed by atoms with E-state index in [1.807, 2.05) is 36.4 Å². The van der Waals surface area contributed by atoms with Gasteiger partial charge in [0.25, 0.3) is 0 Å². The van der Waals surface area contributed by atoms with E-state index in [9.17, 15) is 4.39 Å². The van der Waals surface area contributed by atoms with Crippen molar-refractivity contribution in [1.29, 1.82) is 0 Å². The molecule has 0 saturated carbocycles. The van der Waals surface area contributed by atoms with Gasteiger partial charge in [0, 0.05) is 43.6 Å². The molecular formula is C48H32FN3O. The molecule has 11 rings (SSSR count). The zero-order chi connectivity index (χ0) is 35.3. The lowest BCUT2D eigenvalue weighted by Crippen LogP contribution is -2.25. The first-order valence-electron chi connectivity index (χ1n) is 18.0. The van der Waals surface area contributed by atoms with Crippen LogP contribution in [0, 0.1) is 5.82 Å². The number of aromatic nitrogens is 3. The number of hydrogen-bond donors (Lipinski definition) is 0. The Morgan fingerprint density at radius 2 is 1.28 bits per heavy atom. The highest BCUT2D eigenvalue weighted by atomic mass is 19.1. The Morgan fingerprint density at radius 1 is 0.604 bits per heavy atom. The molecule has 0 spiro atoms. The van der Waals surface area contributed by atoms with E-state index in [1.54, 1.807) is 6.07 Å². The van der Waals surface area contributed by atoms with Gasteiger partial charge >= 0.3 is 0 Å². The molecule has 53 heavy (non-hydrogen) atoms. The number of furan rings is 1. The number of rotatable bonds is 4. The van der Waals surface area contributed by atoms with Crippen molar-refractivity contribution in [3.63, 3.8) is 0 Å². The van der Waals surface area contributed by atoms with Crippen LogP contribution in [0.3, 0.4) is 0 Å². The molecule has 5 heteroatoms. The molecule has 10 aromatic rings. The van der Waals surface area contributed by atoms with E-state index in [0.29, 0.717) is 5.58 Å². The lowest BCUT2D eigenvalue weighted by Gasteiger charge is -2.30. The molecule has 4 heterocycles. The summed E-state index contributed by atoms with van der Waals surface area (Å²) < 4.78 is 25.6. The number of halogens is 1. The van der Waals surface area contributed by atoms with E-state index >= 15 is 0 Å². The number of nitrogens with zero attached hydrogens (tertiary/aromatic N) is 3. The van der Waals surface area contributed by atoms with E-state index in [-0.39, 0.29) is 16.8 Å². The second kappa shape index (κ2) is 11.1. The number of fused-ring (bicyclic) bond motifs is 9. The minimum Gasteiger partial charge on any atom is -0.452 e. The van der Waals surface area contributed by atoms with Crippen molar-refractivity contribution < 1.29 is 8.81 Å². The van der Waals surface area contributed by atoms with Crippen molar-refractivity contribution in [2.75, 3.05) is 0 Å². The van der Waals surface area contributed by atoms with Crippen LogP contribution >= 0.6 is 0 Å². The molecule has 1 unspecified atom stereocenters. The Hall–Kier alpha value is -6.72. The highest BCUT2D eigenvalue weighted by Gasteiger charge is 2.32. The molecule has 6 aromatic carbocycles. The lowest BCUT2D eigenvalue weighted by atomic mass is 9.73. The Balaban J connectivity index is 1.04. The van der Waals surface area contributed by atoms with E-state index in [2.05, 4.69) is 131 Å². The Kier molecular flexibility index (Phi) is 6.30. The summed E-state index contributed by atoms with van der Waals surface area (Å²) in [5.41, 5.74) is 10.7. The molecule has 0 N–H and O–H groups in total. The first kappa shape index (κ1) is 30.0. The van der Waals surface area contributed by atoms with Crippen molar-refractivity contribution in [2.45, 2.75) is 18.8 Å². The molecule has 0 fully saturated rings. The van der Waals surface area contributed by atoms with Crippen molar-refractivity contribution in [1.82, 2.24) is 14.1 Å². The predicted octanol–water partition coefficient (Wildman–Crippen LogP) is 12.4. The zero-order valence-corrected chi connectivity index (χ0v) is 28.9. The summed E-state index contributed by atoms with van der Waals surface area (Å²) in [5.74, 6) is 0.456. The van der Waals surface area contributed by atoms with Crippen LogP contribution in [0.1, 0.15) is 23.7 Å². The maximum absolute atomic E-state index is 14.8. The smallest absolute Gasteiger partial charge is 0.171 e. The van der Waals surface area contributed by atoms with Gasteiger partial charge in [0.15, 0.2) is 11.4 Å². The van der Waals surface area contributed by atoms with Crippen LogP contribution in [0.5, 0.6) is 0 Å². The average molecular weight is 686 g/mol. The van der Waals surface area contributed by atoms with E-state index < -0.39 is 0 Å². The number of allylic oxidation sites excluding steroid dienone is 1. The molecule has 0 saturated heterocycles. The van der Waals surface area contributed by atoms with E-state index in [0.717, 1.165) is 51.2 Å². The standard InChI is InChI=1S/C48H32FN3O/c1-48(30-24-25-43-37(28-30)32-14-5-7-21-41(32)51(43)31-12-3-2-4-13-31)27-26-44-38(29-48)33-15-6-8-22-42(33)52(44)45-23-11-20-40(50-45)36-18-9-16-34-35-17-10-19-39(49)47(35)53-46(34)36/h2-28H,29H2,1H3. The number of benzene rings is 6. The molecule has 0 radical (unpaired) electrons. The summed E-state index contributed by atoms with van der Waals surface area (Å²) in [5, 5.41) is 5.37. The van der Waals surface area contributed by atoms with Crippen LogP contribution in [0.4, 0.5) is 4.39 Å². The zero-order valence-electron chi connectivity index (χ0n) is 28.9. The SMILES string of the molecule is CC1(c2ccc3c(c2)c2ccccc2n3-c2ccccc2)C=Cc2c(c3ccccc3n2-c2cccc(-c3cccc4c3oc3c(F)cccc34)n2)C1. The van der Waals surface area contributed by atoms with E-state index in [1.165, 1.54) is 44.4 Å². The Morgan fingerprint density at radius 3 is 2.13 bits per heavy atom. The number of hydrogen-bond acceptors (Lipinski definition) is 2. The van der Waals surface area contributed by atoms with Crippen LogP contribution in [0.25, 0.3) is 83.5 Å². The molecule has 4 nitrogen and oxygen atoms in total. The molecule has 1 atom stereocenters. The van der Waals surface area contributed by atoms with E-state index in [4.69, 9.17) is 9.40 Å². The molecule has 1 aliphatic carbocycles. The average Bonchev–Trinajstić information content (AvgIpc) is 3.86. The van der Waals surface area contributed by atoms with Gasteiger partial charge in [-0.2, -0.15) is 0 Å². The van der Waals surface area contributed by atoms with Gasteiger partial charge < -0.3 is 8.98 Å². The highest BCUT2D eigenvalue weighted by Crippen LogP contribution is 2.44. The van der Waals surface area contributed by atoms with Gasteiger partial charge in [-0.1, -0.05) is 104 Å². The van der Waals surface area contributed by atoms with Gasteiger partial charge in [0.05, 0.1) is 27.9 Å². The monoisotopic (exact) mass is 685 g/mol. The molecule has 0 bridgehead atoms. The maximum atomic E-state index is 14.8. The van der Waals surface area contributed by atoms with Gasteiger partial charge in [0.2, 0.25) is 0 Å². The summed E-state index contributed by atoms with van der Waals surface area (Å²) >= 11 is 0. The van der Waals surface area contributed by atoms with Gasteiger partial charge in [-0.15, -0.1) is 0 Å². The fraction of sp³-hybridized carbons (Fsp3) is 0.0625. The summed E-state index contributed by atoms with van der Waals surface area (Å²) in [6, 6.07) is 52.1. The third-order valence-corrected chi connectivity index (χ3v) is 11.2. The van der Waals surface area contributed by atoms with Crippen LogP contribution < -0.4 is 0 Å². The van der Waals surface area contributed by atoms with Gasteiger partial charge in [-0.05, 0) is 84.3 Å². The van der Waals surface area contributed by atoms with Crippen LogP contribution in [-0.2, 0) is 11.8 Å². The fourth-order valence-electron chi connectivity index (χ4n) is 8.69. The van der Waals surface area contributed by atoms with Crippen LogP contribution in [-0.4, -0.2) is 14.1 Å². The molecule has 1 aliphatic rings. The lowest BCUT2D eigenvalue weighted by molar-refractivity contribution is 0.584. The second-order valence-electron chi connectivity index (χ2n) is 14.3. The van der Waals surface area contributed by atoms with Gasteiger partial charge in [-0.3, -0.25) is 4.57 Å². The fourth-order valence-corrected chi connectivity index (χ4v) is 8.69. The molecule has 4 aromatic heterocycles. The first-order chi connectivity index (χ1) is 26.1. The van der Waals surface area contributed by atoms with Crippen molar-refractivity contribution >= 4 is 60.7 Å². The van der Waals surface area contributed by atoms with Crippen LogP contribution in [0.15, 0.2) is 162 Å². The summed E-state index contributed by atoms with van der Waals surface area (Å²) in [6.07, 6.45) is 5.50. The Bertz CT molecular complexity index is 3130. The van der Waals surface area contributed by atoms with Crippen molar-refractivity contribution in [2.24, 2.45) is 0 Å². The van der Waals surface area contributed by atoms with Crippen molar-refractivity contribution in [3.05, 3.63) is 180 Å². The molecule has 0 aliphatic heterocycles. The summed E-state index contributed by atoms with van der Waals surface area (Å²) in [6.45, 7) is 2.35. The molecular weight excluding hydrogens is 654 g/mol. The highest BCUT2D eigenvalue weighted by molar-refractivity contribution is 6.10. The maximum Gasteiger partial charge on any atom is 0.171 e. The quantitative estimate of drug-likeness (QED) is 0.185. The minimum atomic E-state index is -0.366. The normalized spacial score (nSPS) is 15.7. The molecule has 252 valence electrons. The van der Waals surface area contributed by atoms with Crippen molar-refractivity contribution in [3.8, 4) is 22.8 Å². The molecule has 0 amide bonds. The number of para-hydroxylation sites is 5. The summed E-state index contributed by atoms with van der Waals surface area (Å²) in [4.78, 5) is 5.24. The topological polar surface area (TPSA) is 35.9 Å². The predicted molar refractivity (Wildman–Crippen MR) is 215 cm³/mol. The number of pyridine rings is 1. The Labute approximate surface area is 304 Å². The van der Waals surface area contributed by atoms with Gasteiger partial charge in [0.1, 0.15) is 11.4 Å². The largest absolute Gasteiger partial charge is 0.452 e. The summed E-state index contributed by atoms with van der Waals surface area (Å²) in [7, 11) is 0. The first-order valence-corrected chi connectivity index (χ1v) is 18.0. The second-order valence-corrected chi connectivity index (χ2v) is 14.3.